The van der Waals surface area contributed by atoms with Gasteiger partial charge in [0.25, 0.3) is 0 Å². The largest absolute Gasteiger partial charge is 0.497 e. The fourth-order valence-electron chi connectivity index (χ4n) is 3.58. The third-order valence-electron chi connectivity index (χ3n) is 4.99. The Morgan fingerprint density at radius 1 is 1.35 bits per heavy atom. The number of carbonyl (C=O) groups is 1. The summed E-state index contributed by atoms with van der Waals surface area (Å²) < 4.78 is 10.4. The van der Waals surface area contributed by atoms with Gasteiger partial charge in [-0.15, -0.1) is 0 Å². The Labute approximate surface area is 155 Å². The highest BCUT2D eigenvalue weighted by molar-refractivity contribution is 5.75. The first-order valence-electron chi connectivity index (χ1n) is 9.36. The molecule has 1 N–H and O–H groups in total. The van der Waals surface area contributed by atoms with Gasteiger partial charge in [-0.3, -0.25) is 9.69 Å². The lowest BCUT2D eigenvalue weighted by molar-refractivity contribution is -0.121. The van der Waals surface area contributed by atoms with Gasteiger partial charge < -0.3 is 14.5 Å². The average Bonchev–Trinajstić information content (AvgIpc) is 3.18. The van der Waals surface area contributed by atoms with E-state index in [9.17, 15) is 4.79 Å². The summed E-state index contributed by atoms with van der Waals surface area (Å²) >= 11 is 0. The first kappa shape index (κ1) is 18.5. The van der Waals surface area contributed by atoms with Gasteiger partial charge in [-0.05, 0) is 55.5 Å². The Balaban J connectivity index is 1.38. The number of amides is 1. The third-order valence-corrected chi connectivity index (χ3v) is 4.99. The van der Waals surface area contributed by atoms with Crippen LogP contribution in [-0.4, -0.2) is 31.0 Å². The Morgan fingerprint density at radius 2 is 2.27 bits per heavy atom. The van der Waals surface area contributed by atoms with Crippen molar-refractivity contribution in [2.75, 3.05) is 20.2 Å². The molecular weight excluding hydrogens is 328 g/mol. The number of ether oxygens (including phenoxy) is 1. The first-order chi connectivity index (χ1) is 12.7. The van der Waals surface area contributed by atoms with Crippen molar-refractivity contribution < 1.29 is 13.9 Å². The van der Waals surface area contributed by atoms with Crippen molar-refractivity contribution in [3.63, 3.8) is 0 Å². The van der Waals surface area contributed by atoms with Crippen LogP contribution >= 0.6 is 0 Å². The normalized spacial score (nSPS) is 17.8. The van der Waals surface area contributed by atoms with Gasteiger partial charge >= 0.3 is 0 Å². The molecule has 1 aliphatic rings. The molecule has 0 spiro atoms. The van der Waals surface area contributed by atoms with Crippen LogP contribution in [0.5, 0.6) is 5.75 Å². The summed E-state index contributed by atoms with van der Waals surface area (Å²) in [6, 6.07) is 9.82. The number of hydrogen-bond acceptors (Lipinski definition) is 4. The lowest BCUT2D eigenvalue weighted by atomic mass is 9.93. The molecule has 1 aromatic heterocycles. The number of rotatable bonds is 8. The van der Waals surface area contributed by atoms with E-state index in [1.54, 1.807) is 13.4 Å². The topological polar surface area (TPSA) is 54.7 Å². The molecule has 1 unspecified atom stereocenters. The highest BCUT2D eigenvalue weighted by Gasteiger charge is 2.20. The molecule has 5 heteroatoms. The summed E-state index contributed by atoms with van der Waals surface area (Å²) in [6.07, 6.45) is 7.50. The third kappa shape index (κ3) is 5.63. The van der Waals surface area contributed by atoms with E-state index >= 15 is 0 Å². The lowest BCUT2D eigenvalue weighted by Gasteiger charge is -2.32. The number of nitrogens with one attached hydrogen (secondary N) is 1. The summed E-state index contributed by atoms with van der Waals surface area (Å²) in [5.74, 6) is 1.54. The Hall–Kier alpha value is -2.27. The minimum Gasteiger partial charge on any atom is -0.497 e. The van der Waals surface area contributed by atoms with E-state index in [0.717, 1.165) is 37.4 Å². The monoisotopic (exact) mass is 356 g/mol. The molecule has 0 aliphatic carbocycles. The fraction of sp³-hybridized carbons (Fsp3) is 0.476. The van der Waals surface area contributed by atoms with E-state index < -0.39 is 0 Å². The second-order valence-corrected chi connectivity index (χ2v) is 7.04. The molecular formula is C21H28N2O3. The Bertz CT molecular complexity index is 684. The molecule has 3 rings (SSSR count). The van der Waals surface area contributed by atoms with Crippen LogP contribution in [0.1, 0.15) is 36.8 Å². The molecule has 0 saturated carbocycles. The van der Waals surface area contributed by atoms with Crippen molar-refractivity contribution in [2.45, 2.75) is 38.8 Å². The van der Waals surface area contributed by atoms with E-state index in [2.05, 4.69) is 10.2 Å². The van der Waals surface area contributed by atoms with Crippen molar-refractivity contribution >= 4 is 5.91 Å². The maximum absolute atomic E-state index is 12.2. The zero-order valence-electron chi connectivity index (χ0n) is 15.4. The second kappa shape index (κ2) is 9.43. The molecule has 1 aliphatic heterocycles. The molecule has 0 bridgehead atoms. The molecule has 1 fully saturated rings. The summed E-state index contributed by atoms with van der Waals surface area (Å²) in [5.41, 5.74) is 2.28. The molecule has 1 amide bonds. The average molecular weight is 356 g/mol. The lowest BCUT2D eigenvalue weighted by Crippen LogP contribution is -2.35. The minimum atomic E-state index is 0.125. The van der Waals surface area contributed by atoms with Gasteiger partial charge in [0.15, 0.2) is 0 Å². The van der Waals surface area contributed by atoms with Crippen LogP contribution in [-0.2, 0) is 17.9 Å². The SMILES string of the molecule is COc1cccc(CNC(=O)CCC2CCCN(Cc3ccoc3)C2)c1. The molecule has 2 heterocycles. The molecule has 1 atom stereocenters. The summed E-state index contributed by atoms with van der Waals surface area (Å²) in [7, 11) is 1.65. The maximum Gasteiger partial charge on any atom is 0.220 e. The molecule has 1 aromatic carbocycles. The number of hydrogen-bond donors (Lipinski definition) is 1. The molecule has 0 radical (unpaired) electrons. The standard InChI is InChI=1S/C21H28N2O3/c1-25-20-6-2-4-18(12-20)13-22-21(24)8-7-17-5-3-10-23(14-17)15-19-9-11-26-16-19/h2,4,6,9,11-12,16-17H,3,5,7-8,10,13-15H2,1H3,(H,22,24). The number of likely N-dealkylation sites (tertiary alicyclic amines) is 1. The van der Waals surface area contributed by atoms with Gasteiger partial charge in [-0.2, -0.15) is 0 Å². The van der Waals surface area contributed by atoms with Crippen LogP contribution in [0, 0.1) is 5.92 Å². The molecule has 1 saturated heterocycles. The summed E-state index contributed by atoms with van der Waals surface area (Å²) in [4.78, 5) is 14.6. The van der Waals surface area contributed by atoms with Crippen molar-refractivity contribution in [1.29, 1.82) is 0 Å². The summed E-state index contributed by atoms with van der Waals surface area (Å²) in [5, 5.41) is 3.02. The first-order valence-corrected chi connectivity index (χ1v) is 9.36. The number of methoxy groups -OCH3 is 1. The van der Waals surface area contributed by atoms with Gasteiger partial charge in [-0.1, -0.05) is 12.1 Å². The van der Waals surface area contributed by atoms with Crippen LogP contribution in [0.4, 0.5) is 0 Å². The predicted molar refractivity (Wildman–Crippen MR) is 101 cm³/mol. The zero-order valence-corrected chi connectivity index (χ0v) is 15.4. The fourth-order valence-corrected chi connectivity index (χ4v) is 3.58. The van der Waals surface area contributed by atoms with Crippen LogP contribution in [0.2, 0.25) is 0 Å². The van der Waals surface area contributed by atoms with Gasteiger partial charge in [-0.25, -0.2) is 0 Å². The van der Waals surface area contributed by atoms with Gasteiger partial charge in [0.2, 0.25) is 5.91 Å². The number of piperidine rings is 1. The van der Waals surface area contributed by atoms with E-state index in [-0.39, 0.29) is 5.91 Å². The highest BCUT2D eigenvalue weighted by atomic mass is 16.5. The van der Waals surface area contributed by atoms with Crippen LogP contribution in [0.25, 0.3) is 0 Å². The second-order valence-electron chi connectivity index (χ2n) is 7.04. The molecule has 26 heavy (non-hydrogen) atoms. The quantitative estimate of drug-likeness (QED) is 0.785. The van der Waals surface area contributed by atoms with Crippen LogP contribution < -0.4 is 10.1 Å². The van der Waals surface area contributed by atoms with Crippen molar-refractivity contribution in [1.82, 2.24) is 10.2 Å². The molecule has 2 aromatic rings. The van der Waals surface area contributed by atoms with Gasteiger partial charge in [0, 0.05) is 31.6 Å². The summed E-state index contributed by atoms with van der Waals surface area (Å²) in [6.45, 7) is 3.68. The minimum absolute atomic E-state index is 0.125. The Kier molecular flexibility index (Phi) is 6.72. The van der Waals surface area contributed by atoms with Gasteiger partial charge in [0.1, 0.15) is 5.75 Å². The Morgan fingerprint density at radius 3 is 3.08 bits per heavy atom. The van der Waals surface area contributed by atoms with Crippen molar-refractivity contribution in [3.8, 4) is 5.75 Å². The number of furan rings is 1. The number of benzene rings is 1. The predicted octanol–water partition coefficient (Wildman–Crippen LogP) is 3.60. The van der Waals surface area contributed by atoms with E-state index in [4.69, 9.17) is 9.15 Å². The highest BCUT2D eigenvalue weighted by Crippen LogP contribution is 2.22. The zero-order chi connectivity index (χ0) is 18.2. The van der Waals surface area contributed by atoms with Crippen LogP contribution in [0.15, 0.2) is 47.3 Å². The smallest absolute Gasteiger partial charge is 0.220 e. The number of carbonyl (C=O) groups excluding carboxylic acids is 1. The van der Waals surface area contributed by atoms with E-state index in [1.165, 1.54) is 18.4 Å². The molecule has 5 nitrogen and oxygen atoms in total. The van der Waals surface area contributed by atoms with E-state index in [0.29, 0.717) is 18.9 Å². The van der Waals surface area contributed by atoms with Gasteiger partial charge in [0.05, 0.1) is 19.6 Å². The van der Waals surface area contributed by atoms with Crippen LogP contribution in [0.3, 0.4) is 0 Å². The van der Waals surface area contributed by atoms with Crippen molar-refractivity contribution in [3.05, 3.63) is 54.0 Å². The molecule has 140 valence electrons. The number of nitrogens with zero attached hydrogens (tertiary/aromatic N) is 1. The maximum atomic E-state index is 12.2. The van der Waals surface area contributed by atoms with E-state index in [1.807, 2.05) is 36.6 Å². The van der Waals surface area contributed by atoms with Crippen molar-refractivity contribution in [2.24, 2.45) is 5.92 Å².